The molecule has 0 amide bonds. The summed E-state index contributed by atoms with van der Waals surface area (Å²) in [7, 11) is 3.88. The maximum absolute atomic E-state index is 12.6. The van der Waals surface area contributed by atoms with E-state index in [4.69, 9.17) is 27.9 Å². The molecule has 1 aliphatic carbocycles. The number of nitrogens with one attached hydrogen (secondary N) is 2. The summed E-state index contributed by atoms with van der Waals surface area (Å²) in [5, 5.41) is 7.71. The van der Waals surface area contributed by atoms with Gasteiger partial charge in [0.05, 0.1) is 15.6 Å². The Balaban J connectivity index is 0.000000294. The normalized spacial score (nSPS) is 16.2. The number of benzene rings is 4. The van der Waals surface area contributed by atoms with E-state index in [1.807, 2.05) is 56.6 Å². The minimum Gasteiger partial charge on any atom is -0.486 e. The van der Waals surface area contributed by atoms with Crippen molar-refractivity contribution in [2.24, 2.45) is 0 Å². The van der Waals surface area contributed by atoms with Gasteiger partial charge in [-0.05, 0) is 92.1 Å². The molecule has 0 saturated heterocycles. The second-order valence-electron chi connectivity index (χ2n) is 10.2. The number of hydrogen-bond donors (Lipinski definition) is 2. The molecule has 10 heteroatoms. The number of fused-ring (bicyclic) bond motifs is 1. The zero-order valence-corrected chi connectivity index (χ0v) is 27.6. The fourth-order valence-electron chi connectivity index (χ4n) is 5.29. The van der Waals surface area contributed by atoms with Crippen LogP contribution in [-0.4, -0.2) is 20.6 Å². The van der Waals surface area contributed by atoms with Crippen LogP contribution in [0.5, 0.6) is 5.75 Å². The lowest BCUT2D eigenvalue weighted by molar-refractivity contribution is -0.137. The van der Waals surface area contributed by atoms with Crippen molar-refractivity contribution in [2.75, 3.05) is 20.6 Å². The van der Waals surface area contributed by atoms with Gasteiger partial charge in [-0.3, -0.25) is 0 Å². The second kappa shape index (κ2) is 17.9. The number of halogens is 7. The smallest absolute Gasteiger partial charge is 0.416 e. The highest BCUT2D eigenvalue weighted by atomic mass is 35.5. The van der Waals surface area contributed by atoms with Crippen LogP contribution in [0.4, 0.5) is 13.2 Å². The van der Waals surface area contributed by atoms with Crippen molar-refractivity contribution in [1.29, 1.82) is 0 Å². The van der Waals surface area contributed by atoms with Gasteiger partial charge in [-0.15, -0.1) is 24.8 Å². The molecular formula is C34H37Cl4F3N2O. The van der Waals surface area contributed by atoms with Gasteiger partial charge in [-0.2, -0.15) is 13.2 Å². The number of ether oxygens (including phenoxy) is 1. The molecule has 1 unspecified atom stereocenters. The molecule has 2 N–H and O–H groups in total. The molecule has 44 heavy (non-hydrogen) atoms. The molecule has 0 aromatic heterocycles. The zero-order chi connectivity index (χ0) is 30.1. The van der Waals surface area contributed by atoms with E-state index in [2.05, 4.69) is 41.0 Å². The van der Waals surface area contributed by atoms with Crippen molar-refractivity contribution < 1.29 is 17.9 Å². The van der Waals surface area contributed by atoms with Gasteiger partial charge in [0, 0.05) is 18.4 Å². The van der Waals surface area contributed by atoms with Crippen LogP contribution in [-0.2, 0) is 6.18 Å². The van der Waals surface area contributed by atoms with Gasteiger partial charge in [0.25, 0.3) is 0 Å². The van der Waals surface area contributed by atoms with E-state index in [9.17, 15) is 13.2 Å². The second-order valence-corrected chi connectivity index (χ2v) is 11.0. The van der Waals surface area contributed by atoms with Gasteiger partial charge in [-0.1, -0.05) is 83.9 Å². The average molecular weight is 688 g/mol. The van der Waals surface area contributed by atoms with Crippen molar-refractivity contribution in [3.63, 3.8) is 0 Å². The molecule has 0 spiro atoms. The van der Waals surface area contributed by atoms with Crippen LogP contribution >= 0.6 is 48.0 Å². The monoisotopic (exact) mass is 686 g/mol. The largest absolute Gasteiger partial charge is 0.486 e. The topological polar surface area (TPSA) is 33.3 Å². The SMILES string of the molecule is CNCCC(Oc1ccc(C(F)(F)F)cc1)c1ccccc1.CN[C@H]1CC[C@@H](c2ccc(Cl)c(Cl)c2)c2ccccc21.Cl.Cl. The Morgan fingerprint density at radius 1 is 0.795 bits per heavy atom. The number of hydrogen-bond acceptors (Lipinski definition) is 3. The van der Waals surface area contributed by atoms with E-state index in [0.29, 0.717) is 27.8 Å². The van der Waals surface area contributed by atoms with Gasteiger partial charge in [0.2, 0.25) is 0 Å². The maximum Gasteiger partial charge on any atom is 0.416 e. The minimum absolute atomic E-state index is 0. The van der Waals surface area contributed by atoms with Crippen LogP contribution in [0.3, 0.4) is 0 Å². The van der Waals surface area contributed by atoms with Crippen molar-refractivity contribution in [2.45, 2.75) is 43.5 Å². The summed E-state index contributed by atoms with van der Waals surface area (Å²) in [5.41, 5.74) is 4.37. The molecular weight excluding hydrogens is 651 g/mol. The lowest BCUT2D eigenvalue weighted by Crippen LogP contribution is -2.24. The first-order valence-electron chi connectivity index (χ1n) is 14.0. The van der Waals surface area contributed by atoms with Crippen molar-refractivity contribution in [3.05, 3.63) is 135 Å². The molecule has 4 aromatic carbocycles. The summed E-state index contributed by atoms with van der Waals surface area (Å²) in [6, 6.07) is 29.5. The van der Waals surface area contributed by atoms with Crippen LogP contribution in [0.2, 0.25) is 10.0 Å². The zero-order valence-electron chi connectivity index (χ0n) is 24.4. The predicted octanol–water partition coefficient (Wildman–Crippen LogP) is 10.5. The Morgan fingerprint density at radius 2 is 1.43 bits per heavy atom. The van der Waals surface area contributed by atoms with E-state index < -0.39 is 11.7 Å². The molecule has 3 atom stereocenters. The summed E-state index contributed by atoms with van der Waals surface area (Å²) in [6.45, 7) is 0.750. The van der Waals surface area contributed by atoms with Crippen LogP contribution in [0, 0.1) is 0 Å². The highest BCUT2D eigenvalue weighted by molar-refractivity contribution is 6.42. The number of alkyl halides is 3. The first-order valence-corrected chi connectivity index (χ1v) is 14.7. The molecule has 5 rings (SSSR count). The average Bonchev–Trinajstić information content (AvgIpc) is 3.00. The molecule has 0 aliphatic heterocycles. The summed E-state index contributed by atoms with van der Waals surface area (Å²) in [4.78, 5) is 0. The molecule has 0 bridgehead atoms. The highest BCUT2D eigenvalue weighted by Gasteiger charge is 2.30. The molecule has 238 valence electrons. The van der Waals surface area contributed by atoms with Crippen molar-refractivity contribution >= 4 is 48.0 Å². The Morgan fingerprint density at radius 3 is 2.02 bits per heavy atom. The van der Waals surface area contributed by atoms with Gasteiger partial charge in [0.15, 0.2) is 0 Å². The lowest BCUT2D eigenvalue weighted by atomic mass is 9.77. The van der Waals surface area contributed by atoms with Crippen LogP contribution in [0.15, 0.2) is 97.1 Å². The maximum atomic E-state index is 12.6. The first-order chi connectivity index (χ1) is 20.2. The third kappa shape index (κ3) is 10.0. The Labute approximate surface area is 280 Å². The van der Waals surface area contributed by atoms with E-state index in [1.165, 1.54) is 28.8 Å². The fourth-order valence-corrected chi connectivity index (χ4v) is 5.60. The summed E-state index contributed by atoms with van der Waals surface area (Å²) >= 11 is 12.2. The predicted molar refractivity (Wildman–Crippen MR) is 180 cm³/mol. The summed E-state index contributed by atoms with van der Waals surface area (Å²) in [5.74, 6) is 0.837. The lowest BCUT2D eigenvalue weighted by Gasteiger charge is -2.32. The highest BCUT2D eigenvalue weighted by Crippen LogP contribution is 2.42. The fraction of sp³-hybridized carbons (Fsp3) is 0.294. The quantitative estimate of drug-likeness (QED) is 0.193. The minimum atomic E-state index is -4.33. The van der Waals surface area contributed by atoms with Gasteiger partial charge in [-0.25, -0.2) is 0 Å². The van der Waals surface area contributed by atoms with Gasteiger partial charge in [0.1, 0.15) is 11.9 Å². The van der Waals surface area contributed by atoms with Crippen LogP contribution in [0.1, 0.15) is 65.1 Å². The van der Waals surface area contributed by atoms with Crippen molar-refractivity contribution in [1.82, 2.24) is 10.6 Å². The molecule has 3 nitrogen and oxygen atoms in total. The van der Waals surface area contributed by atoms with Crippen molar-refractivity contribution in [3.8, 4) is 5.75 Å². The molecule has 0 saturated carbocycles. The van der Waals surface area contributed by atoms with Gasteiger partial charge < -0.3 is 15.4 Å². The molecule has 0 radical (unpaired) electrons. The summed E-state index contributed by atoms with van der Waals surface area (Å²) < 4.78 is 43.6. The summed E-state index contributed by atoms with van der Waals surface area (Å²) in [6.07, 6.45) is -1.55. The third-order valence-corrected chi connectivity index (χ3v) is 8.21. The molecule has 1 aliphatic rings. The number of rotatable bonds is 8. The molecule has 0 fully saturated rings. The van der Waals surface area contributed by atoms with E-state index >= 15 is 0 Å². The molecule has 0 heterocycles. The van der Waals surface area contributed by atoms with E-state index in [-0.39, 0.29) is 30.9 Å². The van der Waals surface area contributed by atoms with E-state index in [0.717, 1.165) is 43.5 Å². The standard InChI is InChI=1S/C17H17Cl2N.C17H18F3NO.2ClH/c1-20-17-9-7-12(13-4-2-3-5-14(13)17)11-6-8-15(18)16(19)10-11;1-21-12-11-16(13-5-3-2-4-6-13)22-15-9-7-14(8-10-15)17(18,19)20;;/h2-6,8,10,12,17,20H,7,9H2,1H3;2-10,16,21H,11-12H2,1H3;2*1H/t12-,17-;;;/m0.../s1. The Bertz CT molecular complexity index is 1420. The van der Waals surface area contributed by atoms with E-state index in [1.54, 1.807) is 0 Å². The Hall–Kier alpha value is -2.45. The molecule has 4 aromatic rings. The van der Waals surface area contributed by atoms with Crippen LogP contribution in [0.25, 0.3) is 0 Å². The van der Waals surface area contributed by atoms with Gasteiger partial charge >= 0.3 is 6.18 Å². The van der Waals surface area contributed by atoms with Crippen LogP contribution < -0.4 is 15.4 Å². The first kappa shape index (κ1) is 37.7. The third-order valence-electron chi connectivity index (χ3n) is 7.47. The Kier molecular flexibility index (Phi) is 15.3.